The van der Waals surface area contributed by atoms with Crippen LogP contribution in [-0.4, -0.2) is 23.9 Å². The summed E-state index contributed by atoms with van der Waals surface area (Å²) in [6, 6.07) is 26.6. The summed E-state index contributed by atoms with van der Waals surface area (Å²) in [4.78, 5) is 15.2. The highest BCUT2D eigenvalue weighted by molar-refractivity contribution is 5.95. The average molecular weight is 424 g/mol. The molecule has 4 nitrogen and oxygen atoms in total. The Kier molecular flexibility index (Phi) is 7.32. The molecule has 0 spiro atoms. The number of nitriles is 1. The lowest BCUT2D eigenvalue weighted by atomic mass is 9.97. The molecule has 0 saturated heterocycles. The highest BCUT2D eigenvalue weighted by atomic mass is 16.1. The zero-order chi connectivity index (χ0) is 22.2. The molecule has 1 amide bonds. The molecule has 0 unspecified atom stereocenters. The standard InChI is InChI=1S/C28H29N3O/c29-19-23-13-14-24-15-17-31(21-26(24)18-23)20-25-11-4-5-12-27(25)28(32)30-16-7-6-10-22-8-2-1-3-9-22/h1-5,8-9,11-14,18H,6-7,10,15-17,20-21H2,(H,30,32). The first kappa shape index (κ1) is 21.8. The molecule has 32 heavy (non-hydrogen) atoms. The van der Waals surface area contributed by atoms with E-state index in [2.05, 4.69) is 46.6 Å². The Morgan fingerprint density at radius 3 is 2.62 bits per heavy atom. The van der Waals surface area contributed by atoms with Gasteiger partial charge in [-0.15, -0.1) is 0 Å². The summed E-state index contributed by atoms with van der Waals surface area (Å²) in [5.41, 5.74) is 6.39. The fourth-order valence-electron chi connectivity index (χ4n) is 4.34. The Balaban J connectivity index is 1.31. The molecule has 162 valence electrons. The lowest BCUT2D eigenvalue weighted by molar-refractivity contribution is 0.0950. The van der Waals surface area contributed by atoms with E-state index in [4.69, 9.17) is 0 Å². The summed E-state index contributed by atoms with van der Waals surface area (Å²) in [6.07, 6.45) is 4.03. The molecule has 0 saturated carbocycles. The molecule has 1 heterocycles. The molecule has 0 aliphatic carbocycles. The molecular formula is C28H29N3O. The van der Waals surface area contributed by atoms with Crippen LogP contribution in [-0.2, 0) is 25.9 Å². The van der Waals surface area contributed by atoms with Crippen molar-refractivity contribution in [3.05, 3.63) is 106 Å². The van der Waals surface area contributed by atoms with Gasteiger partial charge in [-0.2, -0.15) is 5.26 Å². The maximum Gasteiger partial charge on any atom is 0.251 e. The SMILES string of the molecule is N#Cc1ccc2c(c1)CN(Cc1ccccc1C(=O)NCCCCc1ccccc1)CC2. The molecule has 3 aromatic carbocycles. The lowest BCUT2D eigenvalue weighted by Crippen LogP contribution is -2.32. The molecule has 4 rings (SSSR count). The number of nitrogens with zero attached hydrogens (tertiary/aromatic N) is 2. The minimum Gasteiger partial charge on any atom is -0.352 e. The summed E-state index contributed by atoms with van der Waals surface area (Å²) in [6.45, 7) is 3.18. The zero-order valence-corrected chi connectivity index (χ0v) is 18.4. The van der Waals surface area contributed by atoms with E-state index in [9.17, 15) is 10.1 Å². The molecule has 0 aromatic heterocycles. The molecule has 0 radical (unpaired) electrons. The van der Waals surface area contributed by atoms with E-state index in [1.165, 1.54) is 16.7 Å². The molecule has 4 heteroatoms. The van der Waals surface area contributed by atoms with Gasteiger partial charge in [0.1, 0.15) is 0 Å². The molecule has 0 bridgehead atoms. The van der Waals surface area contributed by atoms with Gasteiger partial charge in [0, 0.05) is 31.7 Å². The van der Waals surface area contributed by atoms with Crippen LogP contribution >= 0.6 is 0 Å². The van der Waals surface area contributed by atoms with Crippen LogP contribution in [0.5, 0.6) is 0 Å². The Hall–Kier alpha value is -3.42. The fraction of sp³-hybridized carbons (Fsp3) is 0.286. The van der Waals surface area contributed by atoms with Crippen LogP contribution in [0.4, 0.5) is 0 Å². The number of carbonyl (C=O) groups excluding carboxylic acids is 1. The first-order valence-electron chi connectivity index (χ1n) is 11.4. The Labute approximate surface area is 190 Å². The van der Waals surface area contributed by atoms with Gasteiger partial charge in [0.25, 0.3) is 5.91 Å². The first-order valence-corrected chi connectivity index (χ1v) is 11.4. The van der Waals surface area contributed by atoms with E-state index in [0.29, 0.717) is 12.1 Å². The number of aryl methyl sites for hydroxylation is 1. The maximum atomic E-state index is 12.9. The third kappa shape index (κ3) is 5.63. The van der Waals surface area contributed by atoms with Gasteiger partial charge in [-0.3, -0.25) is 9.69 Å². The Bertz CT molecular complexity index is 1100. The van der Waals surface area contributed by atoms with Gasteiger partial charge in [0.15, 0.2) is 0 Å². The van der Waals surface area contributed by atoms with Gasteiger partial charge >= 0.3 is 0 Å². The Morgan fingerprint density at radius 1 is 0.969 bits per heavy atom. The Morgan fingerprint density at radius 2 is 1.78 bits per heavy atom. The predicted octanol–water partition coefficient (Wildman–Crippen LogP) is 4.87. The summed E-state index contributed by atoms with van der Waals surface area (Å²) >= 11 is 0. The highest BCUT2D eigenvalue weighted by Gasteiger charge is 2.19. The van der Waals surface area contributed by atoms with E-state index in [-0.39, 0.29) is 5.91 Å². The number of unbranched alkanes of at least 4 members (excludes halogenated alkanes) is 1. The van der Waals surface area contributed by atoms with Crippen molar-refractivity contribution in [2.45, 2.75) is 38.8 Å². The molecule has 1 aliphatic heterocycles. The highest BCUT2D eigenvalue weighted by Crippen LogP contribution is 2.23. The number of amides is 1. The lowest BCUT2D eigenvalue weighted by Gasteiger charge is -2.29. The maximum absolute atomic E-state index is 12.9. The second-order valence-corrected chi connectivity index (χ2v) is 8.41. The van der Waals surface area contributed by atoms with Gasteiger partial charge in [0.05, 0.1) is 11.6 Å². The second kappa shape index (κ2) is 10.7. The number of rotatable bonds is 8. The van der Waals surface area contributed by atoms with Crippen molar-refractivity contribution in [2.75, 3.05) is 13.1 Å². The number of carbonyl (C=O) groups is 1. The minimum absolute atomic E-state index is 0.00416. The number of benzene rings is 3. The fourth-order valence-corrected chi connectivity index (χ4v) is 4.34. The summed E-state index contributed by atoms with van der Waals surface area (Å²) < 4.78 is 0. The molecular weight excluding hydrogens is 394 g/mol. The zero-order valence-electron chi connectivity index (χ0n) is 18.4. The average Bonchev–Trinajstić information content (AvgIpc) is 2.84. The molecule has 3 aromatic rings. The van der Waals surface area contributed by atoms with Crippen molar-refractivity contribution in [2.24, 2.45) is 0 Å². The third-order valence-electron chi connectivity index (χ3n) is 6.10. The van der Waals surface area contributed by atoms with E-state index in [1.807, 2.05) is 42.5 Å². The van der Waals surface area contributed by atoms with Crippen LogP contribution in [0.25, 0.3) is 0 Å². The number of hydrogen-bond acceptors (Lipinski definition) is 3. The quantitative estimate of drug-likeness (QED) is 0.526. The van der Waals surface area contributed by atoms with Crippen molar-refractivity contribution in [1.82, 2.24) is 10.2 Å². The van der Waals surface area contributed by atoms with Crippen molar-refractivity contribution in [3.63, 3.8) is 0 Å². The normalized spacial score (nSPS) is 13.2. The third-order valence-corrected chi connectivity index (χ3v) is 6.10. The van der Waals surface area contributed by atoms with E-state index < -0.39 is 0 Å². The van der Waals surface area contributed by atoms with Crippen molar-refractivity contribution in [1.29, 1.82) is 5.26 Å². The smallest absolute Gasteiger partial charge is 0.251 e. The van der Waals surface area contributed by atoms with Gasteiger partial charge < -0.3 is 5.32 Å². The second-order valence-electron chi connectivity index (χ2n) is 8.41. The van der Waals surface area contributed by atoms with Crippen LogP contribution in [0.3, 0.4) is 0 Å². The van der Waals surface area contributed by atoms with Crippen LogP contribution in [0.15, 0.2) is 72.8 Å². The topological polar surface area (TPSA) is 56.1 Å². The van der Waals surface area contributed by atoms with E-state index in [1.54, 1.807) is 0 Å². The molecule has 1 aliphatic rings. The van der Waals surface area contributed by atoms with Crippen LogP contribution in [0.2, 0.25) is 0 Å². The predicted molar refractivity (Wildman–Crippen MR) is 127 cm³/mol. The van der Waals surface area contributed by atoms with Gasteiger partial charge in [0.2, 0.25) is 0 Å². The first-order chi connectivity index (χ1) is 15.7. The van der Waals surface area contributed by atoms with Gasteiger partial charge in [-0.05, 0) is 66.1 Å². The minimum atomic E-state index is 0.00416. The number of nitrogens with one attached hydrogen (secondary N) is 1. The largest absolute Gasteiger partial charge is 0.352 e. The summed E-state index contributed by atoms with van der Waals surface area (Å²) in [7, 11) is 0. The number of fused-ring (bicyclic) bond motifs is 1. The van der Waals surface area contributed by atoms with Crippen LogP contribution in [0, 0.1) is 11.3 Å². The van der Waals surface area contributed by atoms with Gasteiger partial charge in [-0.25, -0.2) is 0 Å². The summed E-state index contributed by atoms with van der Waals surface area (Å²) in [5, 5.41) is 12.3. The van der Waals surface area contributed by atoms with E-state index in [0.717, 1.165) is 56.4 Å². The van der Waals surface area contributed by atoms with Crippen LogP contribution in [0.1, 0.15) is 51.0 Å². The number of hydrogen-bond donors (Lipinski definition) is 1. The van der Waals surface area contributed by atoms with Gasteiger partial charge in [-0.1, -0.05) is 54.6 Å². The van der Waals surface area contributed by atoms with Crippen molar-refractivity contribution < 1.29 is 4.79 Å². The molecule has 0 atom stereocenters. The van der Waals surface area contributed by atoms with Crippen molar-refractivity contribution in [3.8, 4) is 6.07 Å². The summed E-state index contributed by atoms with van der Waals surface area (Å²) in [5.74, 6) is 0.00416. The molecule has 0 fully saturated rings. The molecule has 1 N–H and O–H groups in total. The van der Waals surface area contributed by atoms with E-state index >= 15 is 0 Å². The van der Waals surface area contributed by atoms with Crippen molar-refractivity contribution >= 4 is 5.91 Å². The monoisotopic (exact) mass is 423 g/mol. The van der Waals surface area contributed by atoms with Crippen LogP contribution < -0.4 is 5.32 Å².